The maximum Gasteiger partial charge on any atom is 0.223 e. The number of methoxy groups -OCH3 is 1. The fourth-order valence-corrected chi connectivity index (χ4v) is 3.27. The van der Waals surface area contributed by atoms with Gasteiger partial charge in [-0.1, -0.05) is 18.2 Å². The Balaban J connectivity index is 1.94. The van der Waals surface area contributed by atoms with Crippen LogP contribution < -0.4 is 9.96 Å². The summed E-state index contributed by atoms with van der Waals surface area (Å²) in [6.45, 7) is 0.348. The smallest absolute Gasteiger partial charge is 0.223 e. The second-order valence-corrected chi connectivity index (χ2v) is 6.25. The molecule has 0 bridgehead atoms. The fraction of sp³-hybridized carbons (Fsp3) is 0.316. The third-order valence-corrected chi connectivity index (χ3v) is 4.66. The van der Waals surface area contributed by atoms with E-state index in [-0.39, 0.29) is 29.5 Å². The van der Waals surface area contributed by atoms with E-state index in [4.69, 9.17) is 9.94 Å². The molecule has 26 heavy (non-hydrogen) atoms. The molecule has 2 aromatic rings. The Bertz CT molecular complexity index is 793. The van der Waals surface area contributed by atoms with Gasteiger partial charge in [0.05, 0.1) is 25.4 Å². The Labute approximate surface area is 151 Å². The predicted molar refractivity (Wildman–Crippen MR) is 96.7 cm³/mol. The van der Waals surface area contributed by atoms with E-state index >= 15 is 0 Å². The van der Waals surface area contributed by atoms with Crippen LogP contribution in [0.5, 0.6) is 5.75 Å². The zero-order valence-electron chi connectivity index (χ0n) is 14.5. The van der Waals surface area contributed by atoms with Gasteiger partial charge in [-0.05, 0) is 41.8 Å². The van der Waals surface area contributed by atoms with Crippen LogP contribution in [0.15, 0.2) is 42.5 Å². The number of ether oxygens (including phenoxy) is 1. The normalized spacial score (nSPS) is 16.8. The van der Waals surface area contributed by atoms with Gasteiger partial charge in [0.2, 0.25) is 5.91 Å². The first kappa shape index (κ1) is 18.2. The number of hydrogen-bond acceptors (Lipinski definition) is 6. The molecule has 138 valence electrons. The van der Waals surface area contributed by atoms with Crippen LogP contribution in [0.1, 0.15) is 18.4 Å². The largest absolute Gasteiger partial charge is 0.733 e. The highest BCUT2D eigenvalue weighted by atomic mass is 16.8. The average molecular weight is 357 g/mol. The number of amides is 1. The van der Waals surface area contributed by atoms with E-state index in [1.165, 1.54) is 6.07 Å². The predicted octanol–water partition coefficient (Wildman–Crippen LogP) is 2.54. The molecule has 0 saturated carbocycles. The van der Waals surface area contributed by atoms with Crippen molar-refractivity contribution in [2.75, 3.05) is 18.9 Å². The number of anilines is 1. The maximum atomic E-state index is 12.1. The van der Waals surface area contributed by atoms with E-state index < -0.39 is 0 Å². The number of carbonyl (C=O) groups excluding carboxylic acids is 1. The highest BCUT2D eigenvalue weighted by Gasteiger charge is 2.30. The van der Waals surface area contributed by atoms with Gasteiger partial charge >= 0.3 is 0 Å². The van der Waals surface area contributed by atoms with Gasteiger partial charge in [0.15, 0.2) is 0 Å². The van der Waals surface area contributed by atoms with E-state index in [9.17, 15) is 15.1 Å². The second kappa shape index (κ2) is 7.74. The molecule has 2 aromatic carbocycles. The van der Waals surface area contributed by atoms with Gasteiger partial charge in [-0.2, -0.15) is 0 Å². The number of aliphatic hydroxyl groups excluding tert-OH is 1. The highest BCUT2D eigenvalue weighted by Crippen LogP contribution is 2.33. The van der Waals surface area contributed by atoms with Gasteiger partial charge in [0.25, 0.3) is 0 Å². The van der Waals surface area contributed by atoms with Gasteiger partial charge in [-0.3, -0.25) is 10.0 Å². The lowest BCUT2D eigenvalue weighted by atomic mass is 10.0. The van der Waals surface area contributed by atoms with Crippen molar-refractivity contribution < 1.29 is 19.8 Å². The Morgan fingerprint density at radius 2 is 2.12 bits per heavy atom. The first-order valence-corrected chi connectivity index (χ1v) is 8.37. The Morgan fingerprint density at radius 1 is 1.31 bits per heavy atom. The molecule has 1 atom stereocenters. The van der Waals surface area contributed by atoms with Crippen molar-refractivity contribution in [3.8, 4) is 16.9 Å². The fourth-order valence-electron chi connectivity index (χ4n) is 3.27. The summed E-state index contributed by atoms with van der Waals surface area (Å²) in [6.07, 6.45) is 1.11. The Kier molecular flexibility index (Phi) is 5.41. The molecule has 0 unspecified atom stereocenters. The quantitative estimate of drug-likeness (QED) is 0.771. The van der Waals surface area contributed by atoms with Gasteiger partial charge in [0, 0.05) is 18.5 Å². The van der Waals surface area contributed by atoms with Crippen molar-refractivity contribution in [1.82, 2.24) is 4.90 Å². The van der Waals surface area contributed by atoms with Crippen LogP contribution in [0.3, 0.4) is 0 Å². The molecule has 1 amide bonds. The summed E-state index contributed by atoms with van der Waals surface area (Å²) in [7, 11) is 1.56. The number of benzene rings is 2. The first-order valence-electron chi connectivity index (χ1n) is 8.37. The van der Waals surface area contributed by atoms with Crippen LogP contribution in [0.25, 0.3) is 11.1 Å². The molecule has 1 saturated heterocycles. The van der Waals surface area contributed by atoms with Crippen molar-refractivity contribution in [2.24, 2.45) is 0 Å². The Morgan fingerprint density at radius 3 is 2.81 bits per heavy atom. The molecule has 0 radical (unpaired) electrons. The number of carbonyl (C=O) groups is 1. The zero-order valence-corrected chi connectivity index (χ0v) is 14.5. The van der Waals surface area contributed by atoms with Crippen molar-refractivity contribution >= 4 is 11.6 Å². The lowest BCUT2D eigenvalue weighted by molar-refractivity contribution is -0.130. The van der Waals surface area contributed by atoms with E-state index in [1.807, 2.05) is 18.2 Å². The molecule has 2 N–H and O–H groups in total. The van der Waals surface area contributed by atoms with Gasteiger partial charge in [-0.15, -0.1) is 0 Å². The third-order valence-electron chi connectivity index (χ3n) is 4.66. The van der Waals surface area contributed by atoms with Gasteiger partial charge < -0.3 is 25.2 Å². The first-order chi connectivity index (χ1) is 12.5. The molecule has 0 aliphatic carbocycles. The SMILES string of the molecule is COc1ccc(CN2C(=O)CC[C@H]2CO)cc1-c1cccc(N([O-])O)c1. The summed E-state index contributed by atoms with van der Waals surface area (Å²) in [6, 6.07) is 12.0. The third kappa shape index (κ3) is 3.65. The lowest BCUT2D eigenvalue weighted by Gasteiger charge is -2.24. The number of likely N-dealkylation sites (tertiary alicyclic amines) is 1. The number of nitrogens with zero attached hydrogens (tertiary/aromatic N) is 2. The summed E-state index contributed by atoms with van der Waals surface area (Å²) in [5, 5.41) is 29.6. The van der Waals surface area contributed by atoms with Crippen LogP contribution >= 0.6 is 0 Å². The molecule has 1 fully saturated rings. The van der Waals surface area contributed by atoms with Crippen molar-refractivity contribution in [3.63, 3.8) is 0 Å². The van der Waals surface area contributed by atoms with E-state index in [0.717, 1.165) is 11.1 Å². The minimum Gasteiger partial charge on any atom is -0.733 e. The van der Waals surface area contributed by atoms with Crippen molar-refractivity contribution in [2.45, 2.75) is 25.4 Å². The summed E-state index contributed by atoms with van der Waals surface area (Å²) in [5.41, 5.74) is 2.47. The standard InChI is InChI=1S/C19H21N2O5/c1-26-18-7-5-13(11-20-16(12-22)6-8-19(20)23)9-17(18)14-3-2-4-15(10-14)21(24)25/h2-5,7,9-10,16,22,24H,6,8,11-12H2,1H3/q-1/t16-/m0/s1. The number of aliphatic hydroxyl groups is 1. The minimum absolute atomic E-state index is 0.0330. The van der Waals surface area contributed by atoms with Gasteiger partial charge in [-0.25, -0.2) is 0 Å². The summed E-state index contributed by atoms with van der Waals surface area (Å²) >= 11 is 0. The Hall–Kier alpha value is -2.61. The van der Waals surface area contributed by atoms with Crippen LogP contribution in [0.4, 0.5) is 5.69 Å². The molecule has 3 rings (SSSR count). The van der Waals surface area contributed by atoms with Crippen molar-refractivity contribution in [1.29, 1.82) is 0 Å². The topological polar surface area (TPSA) is 96.3 Å². The van der Waals surface area contributed by atoms with E-state index in [0.29, 0.717) is 30.7 Å². The molecule has 1 heterocycles. The summed E-state index contributed by atoms with van der Waals surface area (Å²) < 4.78 is 5.41. The van der Waals surface area contributed by atoms with E-state index in [2.05, 4.69) is 0 Å². The molecular weight excluding hydrogens is 336 g/mol. The van der Waals surface area contributed by atoms with Crippen LogP contribution in [0.2, 0.25) is 0 Å². The maximum absolute atomic E-state index is 12.1. The molecule has 0 aromatic heterocycles. The van der Waals surface area contributed by atoms with E-state index in [1.54, 1.807) is 30.2 Å². The molecular formula is C19H21N2O5-. The summed E-state index contributed by atoms with van der Waals surface area (Å²) in [5.74, 6) is 0.651. The van der Waals surface area contributed by atoms with Crippen molar-refractivity contribution in [3.05, 3.63) is 53.2 Å². The van der Waals surface area contributed by atoms with Crippen LogP contribution in [-0.2, 0) is 11.3 Å². The number of hydrogen-bond donors (Lipinski definition) is 2. The minimum atomic E-state index is -0.186. The number of rotatable bonds is 6. The molecule has 1 aliphatic heterocycles. The van der Waals surface area contributed by atoms with Crippen LogP contribution in [-0.4, -0.2) is 40.9 Å². The lowest BCUT2D eigenvalue weighted by Crippen LogP contribution is -2.34. The molecule has 0 spiro atoms. The van der Waals surface area contributed by atoms with Crippen LogP contribution in [0, 0.1) is 5.21 Å². The highest BCUT2D eigenvalue weighted by molar-refractivity contribution is 5.79. The van der Waals surface area contributed by atoms with Gasteiger partial charge in [0.1, 0.15) is 5.75 Å². The molecule has 1 aliphatic rings. The zero-order chi connectivity index (χ0) is 18.7. The monoisotopic (exact) mass is 357 g/mol. The molecule has 7 heteroatoms. The summed E-state index contributed by atoms with van der Waals surface area (Å²) in [4.78, 5) is 13.8. The second-order valence-electron chi connectivity index (χ2n) is 6.25. The average Bonchev–Trinajstić information content (AvgIpc) is 3.01. The molecule has 7 nitrogen and oxygen atoms in total.